The van der Waals surface area contributed by atoms with Crippen LogP contribution < -0.4 is 5.32 Å². The minimum absolute atomic E-state index is 0.579. The molecule has 0 bridgehead atoms. The number of hydrogen-bond acceptors (Lipinski definition) is 1. The Morgan fingerprint density at radius 2 is 2.00 bits per heavy atom. The summed E-state index contributed by atoms with van der Waals surface area (Å²) in [6, 6.07) is 9.45. The van der Waals surface area contributed by atoms with Crippen molar-refractivity contribution in [1.82, 2.24) is 9.88 Å². The van der Waals surface area contributed by atoms with Gasteiger partial charge in [-0.15, -0.1) is 0 Å². The van der Waals surface area contributed by atoms with Gasteiger partial charge in [0.1, 0.15) is 0 Å². The molecule has 0 radical (unpaired) electrons. The van der Waals surface area contributed by atoms with Gasteiger partial charge in [0.15, 0.2) is 0 Å². The van der Waals surface area contributed by atoms with Crippen LogP contribution in [0.15, 0.2) is 30.5 Å². The molecule has 1 atom stereocenters. The molecular weight excluding hydrogens is 232 g/mol. The highest BCUT2D eigenvalue weighted by atomic mass is 15.0. The molecule has 1 unspecified atom stereocenters. The molecule has 2 aromatic rings. The number of hydrogen-bond donors (Lipinski definition) is 1. The minimum atomic E-state index is 0.579. The highest BCUT2D eigenvalue weighted by Crippen LogP contribution is 2.25. The number of para-hydroxylation sites is 1. The highest BCUT2D eigenvalue weighted by Gasteiger charge is 2.10. The second-order valence-electron chi connectivity index (χ2n) is 5.39. The lowest BCUT2D eigenvalue weighted by molar-refractivity contribution is 0.513. The van der Waals surface area contributed by atoms with E-state index >= 15 is 0 Å². The lowest BCUT2D eigenvalue weighted by Crippen LogP contribution is -2.15. The van der Waals surface area contributed by atoms with E-state index in [0.29, 0.717) is 6.04 Å². The van der Waals surface area contributed by atoms with Gasteiger partial charge in [-0.05, 0) is 43.3 Å². The smallest absolute Gasteiger partial charge is 0.0528 e. The number of fused-ring (bicyclic) bond motifs is 1. The van der Waals surface area contributed by atoms with Crippen molar-refractivity contribution in [3.63, 3.8) is 0 Å². The first-order chi connectivity index (χ1) is 9.27. The van der Waals surface area contributed by atoms with Gasteiger partial charge >= 0.3 is 0 Å². The summed E-state index contributed by atoms with van der Waals surface area (Å²) in [5.74, 6) is 0. The second kappa shape index (κ2) is 6.76. The van der Waals surface area contributed by atoms with Gasteiger partial charge in [-0.3, -0.25) is 0 Å². The second-order valence-corrected chi connectivity index (χ2v) is 5.39. The summed E-state index contributed by atoms with van der Waals surface area (Å²) in [4.78, 5) is 0. The van der Waals surface area contributed by atoms with Crippen LogP contribution in [-0.2, 0) is 6.54 Å². The Morgan fingerprint density at radius 3 is 2.74 bits per heavy atom. The van der Waals surface area contributed by atoms with Crippen molar-refractivity contribution >= 4 is 10.9 Å². The van der Waals surface area contributed by atoms with Gasteiger partial charge in [0.05, 0.1) is 5.52 Å². The fourth-order valence-corrected chi connectivity index (χ4v) is 2.76. The summed E-state index contributed by atoms with van der Waals surface area (Å²) in [6.07, 6.45) is 5.90. The monoisotopic (exact) mass is 258 g/mol. The first kappa shape index (κ1) is 14.1. The summed E-state index contributed by atoms with van der Waals surface area (Å²) in [5.41, 5.74) is 2.82. The number of aromatic nitrogens is 1. The van der Waals surface area contributed by atoms with Crippen molar-refractivity contribution < 1.29 is 0 Å². The Kier molecular flexibility index (Phi) is 5.03. The predicted molar refractivity (Wildman–Crippen MR) is 83.6 cm³/mol. The van der Waals surface area contributed by atoms with Crippen molar-refractivity contribution in [3.8, 4) is 0 Å². The largest absolute Gasteiger partial charge is 0.344 e. The van der Waals surface area contributed by atoms with Gasteiger partial charge in [-0.1, -0.05) is 38.5 Å². The van der Waals surface area contributed by atoms with E-state index in [-0.39, 0.29) is 0 Å². The lowest BCUT2D eigenvalue weighted by atomic mass is 10.1. The maximum atomic E-state index is 3.52. The molecule has 104 valence electrons. The molecule has 1 heterocycles. The molecule has 1 aromatic carbocycles. The Labute approximate surface area is 116 Å². The zero-order valence-electron chi connectivity index (χ0n) is 12.4. The predicted octanol–water partition coefficient (Wildman–Crippen LogP) is 4.50. The van der Waals surface area contributed by atoms with Crippen LogP contribution in [0.1, 0.15) is 51.6 Å². The third kappa shape index (κ3) is 3.19. The average molecular weight is 258 g/mol. The maximum Gasteiger partial charge on any atom is 0.0528 e. The molecular formula is C17H26N2. The molecule has 19 heavy (non-hydrogen) atoms. The number of nitrogens with zero attached hydrogens (tertiary/aromatic N) is 1. The normalized spacial score (nSPS) is 13.0. The molecule has 0 saturated carbocycles. The topological polar surface area (TPSA) is 17.0 Å². The van der Waals surface area contributed by atoms with Crippen molar-refractivity contribution in [2.75, 3.05) is 6.54 Å². The molecule has 2 nitrogen and oxygen atoms in total. The Balaban J connectivity index is 2.32. The molecule has 0 amide bonds. The molecule has 0 aliphatic carbocycles. The number of nitrogens with one attached hydrogen (secondary N) is 1. The zero-order chi connectivity index (χ0) is 13.7. The van der Waals surface area contributed by atoms with Crippen LogP contribution in [0.25, 0.3) is 10.9 Å². The molecule has 0 fully saturated rings. The Bertz CT molecular complexity index is 513. The van der Waals surface area contributed by atoms with Crippen molar-refractivity contribution in [3.05, 3.63) is 36.0 Å². The summed E-state index contributed by atoms with van der Waals surface area (Å²) >= 11 is 0. The van der Waals surface area contributed by atoms with E-state index in [0.717, 1.165) is 13.1 Å². The van der Waals surface area contributed by atoms with E-state index < -0.39 is 0 Å². The molecule has 1 aromatic heterocycles. The first-order valence-electron chi connectivity index (χ1n) is 7.57. The quantitative estimate of drug-likeness (QED) is 0.723. The summed E-state index contributed by atoms with van der Waals surface area (Å²) in [5, 5.41) is 4.88. The van der Waals surface area contributed by atoms with E-state index in [9.17, 15) is 0 Å². The Morgan fingerprint density at radius 1 is 1.16 bits per heavy atom. The molecule has 0 spiro atoms. The van der Waals surface area contributed by atoms with Crippen LogP contribution in [0.4, 0.5) is 0 Å². The van der Waals surface area contributed by atoms with Gasteiger partial charge < -0.3 is 9.88 Å². The fraction of sp³-hybridized carbons (Fsp3) is 0.529. The van der Waals surface area contributed by atoms with Gasteiger partial charge in [-0.2, -0.15) is 0 Å². The van der Waals surface area contributed by atoms with Gasteiger partial charge in [0, 0.05) is 18.8 Å². The molecule has 0 saturated heterocycles. The van der Waals surface area contributed by atoms with E-state index in [4.69, 9.17) is 0 Å². The van der Waals surface area contributed by atoms with E-state index in [1.54, 1.807) is 0 Å². The summed E-state index contributed by atoms with van der Waals surface area (Å²) < 4.78 is 2.45. The summed E-state index contributed by atoms with van der Waals surface area (Å²) in [7, 11) is 0. The minimum Gasteiger partial charge on any atom is -0.344 e. The van der Waals surface area contributed by atoms with Gasteiger partial charge in [-0.25, -0.2) is 0 Å². The van der Waals surface area contributed by atoms with Crippen molar-refractivity contribution in [2.24, 2.45) is 0 Å². The Hall–Kier alpha value is -1.28. The first-order valence-corrected chi connectivity index (χ1v) is 7.57. The number of benzene rings is 1. The molecule has 2 heteroatoms. The van der Waals surface area contributed by atoms with Crippen LogP contribution in [0.3, 0.4) is 0 Å². The zero-order valence-corrected chi connectivity index (χ0v) is 12.4. The molecule has 0 aliphatic rings. The SMILES string of the molecule is CCCNCc1cccc2ccn(C(C)CCC)c12. The van der Waals surface area contributed by atoms with Crippen LogP contribution >= 0.6 is 0 Å². The van der Waals surface area contributed by atoms with Crippen LogP contribution in [0.2, 0.25) is 0 Å². The van der Waals surface area contributed by atoms with Crippen molar-refractivity contribution in [1.29, 1.82) is 0 Å². The van der Waals surface area contributed by atoms with E-state index in [2.05, 4.69) is 61.1 Å². The average Bonchev–Trinajstić information content (AvgIpc) is 2.84. The van der Waals surface area contributed by atoms with Crippen molar-refractivity contribution in [2.45, 2.75) is 52.6 Å². The maximum absolute atomic E-state index is 3.52. The van der Waals surface area contributed by atoms with Crippen LogP contribution in [-0.4, -0.2) is 11.1 Å². The summed E-state index contributed by atoms with van der Waals surface area (Å²) in [6.45, 7) is 8.83. The highest BCUT2D eigenvalue weighted by molar-refractivity contribution is 5.83. The molecule has 1 N–H and O–H groups in total. The standard InChI is InChI=1S/C17H26N2/c1-4-7-14(3)19-12-10-15-8-6-9-16(17(15)19)13-18-11-5-2/h6,8-10,12,14,18H,4-5,7,11,13H2,1-3H3. The third-order valence-corrected chi connectivity index (χ3v) is 3.75. The lowest BCUT2D eigenvalue weighted by Gasteiger charge is -2.16. The van der Waals surface area contributed by atoms with Crippen LogP contribution in [0.5, 0.6) is 0 Å². The molecule has 2 rings (SSSR count). The van der Waals surface area contributed by atoms with E-state index in [1.165, 1.54) is 35.7 Å². The van der Waals surface area contributed by atoms with Crippen LogP contribution in [0, 0.1) is 0 Å². The van der Waals surface area contributed by atoms with E-state index in [1.807, 2.05) is 0 Å². The fourth-order valence-electron chi connectivity index (χ4n) is 2.76. The van der Waals surface area contributed by atoms with Gasteiger partial charge in [0.25, 0.3) is 0 Å². The number of rotatable bonds is 7. The third-order valence-electron chi connectivity index (χ3n) is 3.75. The van der Waals surface area contributed by atoms with Gasteiger partial charge in [0.2, 0.25) is 0 Å². The molecule has 0 aliphatic heterocycles.